The first-order chi connectivity index (χ1) is 8.50. The number of hydrogen-bond acceptors (Lipinski definition) is 3. The number of nitrogens with two attached hydrogens (primary N) is 1. The number of thioether (sulfide) groups is 1. The van der Waals surface area contributed by atoms with Crippen molar-refractivity contribution in [1.82, 2.24) is 5.32 Å². The van der Waals surface area contributed by atoms with Crippen molar-refractivity contribution < 1.29 is 4.79 Å². The molecule has 0 heterocycles. The van der Waals surface area contributed by atoms with Crippen molar-refractivity contribution in [2.24, 2.45) is 5.73 Å². The van der Waals surface area contributed by atoms with E-state index in [1.54, 1.807) is 0 Å². The van der Waals surface area contributed by atoms with Gasteiger partial charge in [0.2, 0.25) is 5.91 Å². The van der Waals surface area contributed by atoms with Gasteiger partial charge in [-0.1, -0.05) is 19.8 Å². The number of rotatable bonds is 8. The van der Waals surface area contributed by atoms with Gasteiger partial charge in [-0.15, -0.1) is 0 Å². The Kier molecular flexibility index (Phi) is 6.50. The third-order valence-corrected chi connectivity index (χ3v) is 5.01. The SMILES string of the molecule is CCCCCSC1CCC(NC(C)C)(C(N)=O)C1. The van der Waals surface area contributed by atoms with Crippen LogP contribution in [0.25, 0.3) is 0 Å². The second-order valence-corrected chi connectivity index (χ2v) is 7.10. The molecule has 1 aliphatic carbocycles. The van der Waals surface area contributed by atoms with Gasteiger partial charge in [-0.25, -0.2) is 0 Å². The summed E-state index contributed by atoms with van der Waals surface area (Å²) in [5.41, 5.74) is 5.16. The van der Waals surface area contributed by atoms with Crippen molar-refractivity contribution in [3.63, 3.8) is 0 Å². The fourth-order valence-corrected chi connectivity index (χ4v) is 4.11. The van der Waals surface area contributed by atoms with Crippen molar-refractivity contribution in [2.75, 3.05) is 5.75 Å². The van der Waals surface area contributed by atoms with Crippen LogP contribution in [-0.4, -0.2) is 28.5 Å². The number of carbonyl (C=O) groups is 1. The maximum absolute atomic E-state index is 11.7. The summed E-state index contributed by atoms with van der Waals surface area (Å²) in [6.45, 7) is 6.38. The molecular formula is C14H28N2OS. The van der Waals surface area contributed by atoms with Crippen molar-refractivity contribution >= 4 is 17.7 Å². The Bertz CT molecular complexity index is 271. The molecule has 4 heteroatoms. The van der Waals surface area contributed by atoms with Crippen molar-refractivity contribution in [3.8, 4) is 0 Å². The van der Waals surface area contributed by atoms with E-state index in [-0.39, 0.29) is 5.91 Å². The highest BCUT2D eigenvalue weighted by molar-refractivity contribution is 7.99. The van der Waals surface area contributed by atoms with Crippen LogP contribution in [0.5, 0.6) is 0 Å². The quantitative estimate of drug-likeness (QED) is 0.668. The van der Waals surface area contributed by atoms with E-state index in [1.165, 1.54) is 25.0 Å². The molecule has 1 fully saturated rings. The summed E-state index contributed by atoms with van der Waals surface area (Å²) in [5.74, 6) is 1.04. The van der Waals surface area contributed by atoms with Crippen LogP contribution in [-0.2, 0) is 4.79 Å². The number of carbonyl (C=O) groups excluding carboxylic acids is 1. The van der Waals surface area contributed by atoms with Crippen molar-refractivity contribution in [2.45, 2.75) is 76.1 Å². The van der Waals surface area contributed by atoms with Crippen molar-refractivity contribution in [1.29, 1.82) is 0 Å². The van der Waals surface area contributed by atoms with Crippen LogP contribution in [0.2, 0.25) is 0 Å². The molecule has 0 bridgehead atoms. The lowest BCUT2D eigenvalue weighted by Crippen LogP contribution is -2.56. The van der Waals surface area contributed by atoms with E-state index < -0.39 is 5.54 Å². The zero-order valence-corrected chi connectivity index (χ0v) is 12.8. The number of amides is 1. The van der Waals surface area contributed by atoms with Crippen LogP contribution in [0.3, 0.4) is 0 Å². The van der Waals surface area contributed by atoms with Gasteiger partial charge in [-0.05, 0) is 45.3 Å². The van der Waals surface area contributed by atoms with E-state index >= 15 is 0 Å². The molecule has 1 saturated carbocycles. The summed E-state index contributed by atoms with van der Waals surface area (Å²) in [5, 5.41) is 4.00. The third kappa shape index (κ3) is 4.47. The van der Waals surface area contributed by atoms with Gasteiger partial charge in [0.15, 0.2) is 0 Å². The van der Waals surface area contributed by atoms with Gasteiger partial charge in [0.25, 0.3) is 0 Å². The minimum Gasteiger partial charge on any atom is -0.368 e. The Hall–Kier alpha value is -0.220. The monoisotopic (exact) mass is 272 g/mol. The van der Waals surface area contributed by atoms with Crippen LogP contribution < -0.4 is 11.1 Å². The lowest BCUT2D eigenvalue weighted by molar-refractivity contribution is -0.124. The van der Waals surface area contributed by atoms with Gasteiger partial charge in [0, 0.05) is 11.3 Å². The Morgan fingerprint density at radius 2 is 2.22 bits per heavy atom. The molecule has 1 aliphatic rings. The molecule has 0 aliphatic heterocycles. The first-order valence-electron chi connectivity index (χ1n) is 7.19. The number of hydrogen-bond donors (Lipinski definition) is 2. The molecule has 2 atom stereocenters. The molecule has 2 unspecified atom stereocenters. The topological polar surface area (TPSA) is 55.1 Å². The molecule has 0 radical (unpaired) electrons. The average Bonchev–Trinajstić information content (AvgIpc) is 2.68. The van der Waals surface area contributed by atoms with E-state index in [2.05, 4.69) is 26.1 Å². The largest absolute Gasteiger partial charge is 0.368 e. The normalized spacial score (nSPS) is 27.9. The summed E-state index contributed by atoms with van der Waals surface area (Å²) in [6, 6.07) is 0.307. The molecule has 1 amide bonds. The fourth-order valence-electron chi connectivity index (χ4n) is 2.72. The molecular weight excluding hydrogens is 244 g/mol. The Morgan fingerprint density at radius 3 is 2.78 bits per heavy atom. The molecule has 0 aromatic rings. The fraction of sp³-hybridized carbons (Fsp3) is 0.929. The number of unbranched alkanes of at least 4 members (excludes halogenated alkanes) is 2. The number of primary amides is 1. The summed E-state index contributed by atoms with van der Waals surface area (Å²) in [4.78, 5) is 11.7. The number of nitrogens with one attached hydrogen (secondary N) is 1. The maximum Gasteiger partial charge on any atom is 0.237 e. The van der Waals surface area contributed by atoms with Gasteiger partial charge in [0.05, 0.1) is 5.54 Å². The Balaban J connectivity index is 2.42. The van der Waals surface area contributed by atoms with E-state index in [4.69, 9.17) is 5.73 Å². The van der Waals surface area contributed by atoms with Gasteiger partial charge >= 0.3 is 0 Å². The van der Waals surface area contributed by atoms with Crippen LogP contribution >= 0.6 is 11.8 Å². The zero-order chi connectivity index (χ0) is 13.6. The molecule has 0 saturated heterocycles. The first-order valence-corrected chi connectivity index (χ1v) is 8.24. The maximum atomic E-state index is 11.7. The minimum atomic E-state index is -0.448. The standard InChI is InChI=1S/C14H28N2OS/c1-4-5-6-9-18-12-7-8-14(10-12,13(15)17)16-11(2)3/h11-12,16H,4-10H2,1-3H3,(H2,15,17). The van der Waals surface area contributed by atoms with Gasteiger partial charge in [-0.3, -0.25) is 4.79 Å². The average molecular weight is 272 g/mol. The predicted octanol–water partition coefficient (Wildman–Crippen LogP) is 2.68. The third-order valence-electron chi connectivity index (χ3n) is 3.61. The van der Waals surface area contributed by atoms with Crippen LogP contribution in [0.15, 0.2) is 0 Å². The van der Waals surface area contributed by atoms with Gasteiger partial charge in [0.1, 0.15) is 0 Å². The summed E-state index contributed by atoms with van der Waals surface area (Å²) in [6.07, 6.45) is 6.78. The lowest BCUT2D eigenvalue weighted by atomic mass is 9.96. The second kappa shape index (κ2) is 7.39. The van der Waals surface area contributed by atoms with Gasteiger partial charge < -0.3 is 11.1 Å². The smallest absolute Gasteiger partial charge is 0.237 e. The summed E-state index contributed by atoms with van der Waals surface area (Å²) in [7, 11) is 0. The van der Waals surface area contributed by atoms with Crippen LogP contribution in [0.4, 0.5) is 0 Å². The lowest BCUT2D eigenvalue weighted by Gasteiger charge is -2.29. The van der Waals surface area contributed by atoms with Crippen LogP contribution in [0.1, 0.15) is 59.3 Å². The van der Waals surface area contributed by atoms with E-state index in [1.807, 2.05) is 11.8 Å². The Morgan fingerprint density at radius 1 is 1.50 bits per heavy atom. The Labute approximate surface area is 116 Å². The predicted molar refractivity (Wildman–Crippen MR) is 79.8 cm³/mol. The second-order valence-electron chi connectivity index (χ2n) is 5.69. The molecule has 0 aromatic carbocycles. The van der Waals surface area contributed by atoms with E-state index in [0.717, 1.165) is 19.3 Å². The molecule has 0 aromatic heterocycles. The highest BCUT2D eigenvalue weighted by Gasteiger charge is 2.44. The molecule has 3 N–H and O–H groups in total. The molecule has 0 spiro atoms. The van der Waals surface area contributed by atoms with Gasteiger partial charge in [-0.2, -0.15) is 11.8 Å². The summed E-state index contributed by atoms with van der Waals surface area (Å²) < 4.78 is 0. The minimum absolute atomic E-state index is 0.173. The van der Waals surface area contributed by atoms with E-state index in [0.29, 0.717) is 11.3 Å². The first kappa shape index (κ1) is 15.8. The zero-order valence-electron chi connectivity index (χ0n) is 12.0. The summed E-state index contributed by atoms with van der Waals surface area (Å²) >= 11 is 2.02. The van der Waals surface area contributed by atoms with Crippen LogP contribution in [0, 0.1) is 0 Å². The molecule has 18 heavy (non-hydrogen) atoms. The highest BCUT2D eigenvalue weighted by atomic mass is 32.2. The highest BCUT2D eigenvalue weighted by Crippen LogP contribution is 2.37. The molecule has 1 rings (SSSR count). The molecule has 3 nitrogen and oxygen atoms in total. The molecule has 106 valence electrons. The van der Waals surface area contributed by atoms with E-state index in [9.17, 15) is 4.79 Å². The van der Waals surface area contributed by atoms with Crippen molar-refractivity contribution in [3.05, 3.63) is 0 Å².